The maximum absolute atomic E-state index is 13.3. The first-order valence-corrected chi connectivity index (χ1v) is 11.0. The summed E-state index contributed by atoms with van der Waals surface area (Å²) in [5, 5.41) is 2.76. The highest BCUT2D eigenvalue weighted by atomic mass is 16.5. The van der Waals surface area contributed by atoms with Crippen molar-refractivity contribution < 1.29 is 23.9 Å². The number of esters is 1. The standard InChI is InChI=1S/C24H32N2O5/c1-5-20(21(27)31-19-9-7-6-8-10-19)26-22(28)24(4,25-23(26)29)17-11-13-18(14-12-17)30-15-16(2)3/h11-14,19-20H,2,5-10,15H2,1,3-4H3,(H,25,29). The smallest absolute Gasteiger partial charge is 0.329 e. The molecule has 2 unspecified atom stereocenters. The molecule has 0 spiro atoms. The Morgan fingerprint density at radius 3 is 2.45 bits per heavy atom. The van der Waals surface area contributed by atoms with Crippen molar-refractivity contribution in [3.63, 3.8) is 0 Å². The van der Waals surface area contributed by atoms with E-state index in [0.717, 1.165) is 42.6 Å². The number of urea groups is 1. The summed E-state index contributed by atoms with van der Waals surface area (Å²) in [7, 11) is 0. The number of hydrogen-bond acceptors (Lipinski definition) is 5. The Labute approximate surface area is 183 Å². The lowest BCUT2D eigenvalue weighted by molar-refractivity contribution is -0.159. The third-order valence-electron chi connectivity index (χ3n) is 5.94. The Hall–Kier alpha value is -2.83. The minimum atomic E-state index is -1.26. The van der Waals surface area contributed by atoms with Gasteiger partial charge < -0.3 is 14.8 Å². The zero-order chi connectivity index (χ0) is 22.6. The van der Waals surface area contributed by atoms with E-state index in [4.69, 9.17) is 9.47 Å². The molecule has 1 heterocycles. The Kier molecular flexibility index (Phi) is 7.03. The van der Waals surface area contributed by atoms with Gasteiger partial charge in [0.2, 0.25) is 0 Å². The van der Waals surface area contributed by atoms with Crippen LogP contribution in [0.4, 0.5) is 4.79 Å². The molecule has 3 rings (SSSR count). The normalized spacial score (nSPS) is 22.7. The molecule has 2 aliphatic rings. The fourth-order valence-electron chi connectivity index (χ4n) is 4.11. The largest absolute Gasteiger partial charge is 0.489 e. The van der Waals surface area contributed by atoms with Crippen LogP contribution in [0.3, 0.4) is 0 Å². The zero-order valence-electron chi connectivity index (χ0n) is 18.6. The summed E-state index contributed by atoms with van der Waals surface area (Å²) in [4.78, 5) is 39.9. The Balaban J connectivity index is 1.74. The van der Waals surface area contributed by atoms with Crippen LogP contribution < -0.4 is 10.1 Å². The number of nitrogens with one attached hydrogen (secondary N) is 1. The third kappa shape index (κ3) is 4.92. The number of nitrogens with zero attached hydrogens (tertiary/aromatic N) is 1. The molecular weight excluding hydrogens is 396 g/mol. The molecule has 1 saturated heterocycles. The molecule has 31 heavy (non-hydrogen) atoms. The summed E-state index contributed by atoms with van der Waals surface area (Å²) >= 11 is 0. The summed E-state index contributed by atoms with van der Waals surface area (Å²) in [6, 6.07) is 5.48. The highest BCUT2D eigenvalue weighted by molar-refractivity contribution is 6.09. The summed E-state index contributed by atoms with van der Waals surface area (Å²) in [6.07, 6.45) is 5.04. The van der Waals surface area contributed by atoms with Crippen LogP contribution in [0.15, 0.2) is 36.4 Å². The van der Waals surface area contributed by atoms with E-state index < -0.39 is 29.5 Å². The minimum Gasteiger partial charge on any atom is -0.489 e. The number of imide groups is 1. The van der Waals surface area contributed by atoms with Crippen LogP contribution in [0.1, 0.15) is 64.9 Å². The van der Waals surface area contributed by atoms with Crippen molar-refractivity contribution in [2.75, 3.05) is 6.61 Å². The fraction of sp³-hybridized carbons (Fsp3) is 0.542. The quantitative estimate of drug-likeness (QED) is 0.383. The van der Waals surface area contributed by atoms with E-state index >= 15 is 0 Å². The molecule has 0 radical (unpaired) electrons. The summed E-state index contributed by atoms with van der Waals surface area (Å²) in [5.41, 5.74) is 0.254. The first-order valence-electron chi connectivity index (χ1n) is 11.0. The van der Waals surface area contributed by atoms with E-state index in [2.05, 4.69) is 11.9 Å². The second-order valence-corrected chi connectivity index (χ2v) is 8.62. The minimum absolute atomic E-state index is 0.130. The molecule has 1 saturated carbocycles. The predicted molar refractivity (Wildman–Crippen MR) is 117 cm³/mol. The molecular formula is C24H32N2O5. The molecule has 1 aromatic rings. The third-order valence-corrected chi connectivity index (χ3v) is 5.94. The summed E-state index contributed by atoms with van der Waals surface area (Å²) < 4.78 is 11.3. The van der Waals surface area contributed by atoms with Gasteiger partial charge in [-0.15, -0.1) is 0 Å². The number of hydrogen-bond donors (Lipinski definition) is 1. The van der Waals surface area contributed by atoms with Crippen molar-refractivity contribution in [2.24, 2.45) is 0 Å². The SMILES string of the molecule is C=C(C)COc1ccc(C2(C)NC(=O)N(C(CC)C(=O)OC3CCCCC3)C2=O)cc1. The van der Waals surface area contributed by atoms with Crippen LogP contribution in [0, 0.1) is 0 Å². The number of benzene rings is 1. The van der Waals surface area contributed by atoms with E-state index in [1.54, 1.807) is 38.1 Å². The van der Waals surface area contributed by atoms with Crippen LogP contribution in [-0.2, 0) is 19.9 Å². The molecule has 1 aromatic carbocycles. The monoisotopic (exact) mass is 428 g/mol. The fourth-order valence-corrected chi connectivity index (χ4v) is 4.11. The van der Waals surface area contributed by atoms with Crippen LogP contribution in [0.2, 0.25) is 0 Å². The molecule has 7 nitrogen and oxygen atoms in total. The lowest BCUT2D eigenvalue weighted by atomic mass is 9.91. The number of amides is 3. The van der Waals surface area contributed by atoms with Crippen molar-refractivity contribution in [1.29, 1.82) is 0 Å². The van der Waals surface area contributed by atoms with Crippen molar-refractivity contribution in [1.82, 2.24) is 10.2 Å². The topological polar surface area (TPSA) is 84.9 Å². The first-order chi connectivity index (χ1) is 14.8. The second-order valence-electron chi connectivity index (χ2n) is 8.62. The number of ether oxygens (including phenoxy) is 2. The van der Waals surface area contributed by atoms with E-state index in [-0.39, 0.29) is 6.10 Å². The van der Waals surface area contributed by atoms with Gasteiger partial charge in [-0.05, 0) is 69.2 Å². The van der Waals surface area contributed by atoms with Gasteiger partial charge in [0.05, 0.1) is 0 Å². The average molecular weight is 429 g/mol. The predicted octanol–water partition coefficient (Wildman–Crippen LogP) is 4.06. The first kappa shape index (κ1) is 22.8. The van der Waals surface area contributed by atoms with Crippen LogP contribution in [0.25, 0.3) is 0 Å². The van der Waals surface area contributed by atoms with Gasteiger partial charge in [0, 0.05) is 0 Å². The molecule has 168 valence electrons. The molecule has 1 N–H and O–H groups in total. The van der Waals surface area contributed by atoms with Crippen molar-refractivity contribution in [3.8, 4) is 5.75 Å². The zero-order valence-corrected chi connectivity index (χ0v) is 18.6. The lowest BCUT2D eigenvalue weighted by Crippen LogP contribution is -2.48. The van der Waals surface area contributed by atoms with Crippen LogP contribution in [-0.4, -0.2) is 41.6 Å². The van der Waals surface area contributed by atoms with Gasteiger partial charge in [-0.1, -0.05) is 32.1 Å². The lowest BCUT2D eigenvalue weighted by Gasteiger charge is -2.28. The summed E-state index contributed by atoms with van der Waals surface area (Å²) in [6.45, 7) is 9.51. The maximum Gasteiger partial charge on any atom is 0.329 e. The van der Waals surface area contributed by atoms with Crippen molar-refractivity contribution >= 4 is 17.9 Å². The Bertz CT molecular complexity index is 844. The van der Waals surface area contributed by atoms with Gasteiger partial charge in [0.1, 0.15) is 30.0 Å². The average Bonchev–Trinajstić information content (AvgIpc) is 2.98. The van der Waals surface area contributed by atoms with Gasteiger partial charge in [0.25, 0.3) is 5.91 Å². The molecule has 0 bridgehead atoms. The van der Waals surface area contributed by atoms with Crippen LogP contribution in [0.5, 0.6) is 5.75 Å². The second kappa shape index (κ2) is 9.54. The molecule has 1 aliphatic carbocycles. The van der Waals surface area contributed by atoms with Gasteiger partial charge in [-0.25, -0.2) is 14.5 Å². The van der Waals surface area contributed by atoms with Crippen molar-refractivity contribution in [3.05, 3.63) is 42.0 Å². The van der Waals surface area contributed by atoms with Crippen LogP contribution >= 0.6 is 0 Å². The van der Waals surface area contributed by atoms with E-state index in [1.807, 2.05) is 6.92 Å². The van der Waals surface area contributed by atoms with E-state index in [0.29, 0.717) is 24.3 Å². The maximum atomic E-state index is 13.3. The van der Waals surface area contributed by atoms with Gasteiger partial charge in [0.15, 0.2) is 0 Å². The van der Waals surface area contributed by atoms with E-state index in [1.165, 1.54) is 0 Å². The Morgan fingerprint density at radius 2 is 1.87 bits per heavy atom. The van der Waals surface area contributed by atoms with E-state index in [9.17, 15) is 14.4 Å². The molecule has 2 fully saturated rings. The summed E-state index contributed by atoms with van der Waals surface area (Å²) in [5.74, 6) is -0.322. The molecule has 3 amide bonds. The van der Waals surface area contributed by atoms with Gasteiger partial charge >= 0.3 is 12.0 Å². The highest BCUT2D eigenvalue weighted by Gasteiger charge is 2.52. The molecule has 7 heteroatoms. The number of rotatable bonds is 8. The number of carbonyl (C=O) groups excluding carboxylic acids is 3. The van der Waals surface area contributed by atoms with Gasteiger partial charge in [-0.3, -0.25) is 4.79 Å². The molecule has 0 aromatic heterocycles. The molecule has 2 atom stereocenters. The number of carbonyl (C=O) groups is 3. The Morgan fingerprint density at radius 1 is 1.23 bits per heavy atom. The highest BCUT2D eigenvalue weighted by Crippen LogP contribution is 2.32. The van der Waals surface area contributed by atoms with Crippen molar-refractivity contribution in [2.45, 2.75) is 77.0 Å². The molecule has 1 aliphatic heterocycles. The van der Waals surface area contributed by atoms with Gasteiger partial charge in [-0.2, -0.15) is 0 Å².